The molecule has 0 aliphatic heterocycles. The zero-order valence-electron chi connectivity index (χ0n) is 10.3. The van der Waals surface area contributed by atoms with E-state index in [1.54, 1.807) is 24.3 Å². The summed E-state index contributed by atoms with van der Waals surface area (Å²) < 4.78 is 6.34. The Morgan fingerprint density at radius 2 is 1.68 bits per heavy atom. The van der Waals surface area contributed by atoms with Gasteiger partial charge in [0.2, 0.25) is 5.88 Å². The Morgan fingerprint density at radius 3 is 2.26 bits per heavy atom. The molecule has 6 heteroatoms. The summed E-state index contributed by atoms with van der Waals surface area (Å²) in [5.41, 5.74) is 0. The maximum absolute atomic E-state index is 5.92. The average molecular weight is 362 g/mol. The number of halogens is 3. The molecular formula is C13H11BrCl2N2O. The molecule has 0 fully saturated rings. The molecule has 1 heterocycles. The molecule has 0 saturated carbocycles. The van der Waals surface area contributed by atoms with Gasteiger partial charge in [-0.15, -0.1) is 0 Å². The van der Waals surface area contributed by atoms with E-state index in [4.69, 9.17) is 27.9 Å². The summed E-state index contributed by atoms with van der Waals surface area (Å²) in [6.45, 7) is 4.03. The molecule has 0 aliphatic rings. The fourth-order valence-electron chi connectivity index (χ4n) is 1.43. The van der Waals surface area contributed by atoms with Crippen molar-refractivity contribution in [1.82, 2.24) is 9.97 Å². The van der Waals surface area contributed by atoms with Crippen LogP contribution in [0, 0.1) is 0 Å². The Kier molecular flexibility index (Phi) is 4.66. The van der Waals surface area contributed by atoms with Crippen LogP contribution in [0.2, 0.25) is 10.0 Å². The quantitative estimate of drug-likeness (QED) is 0.680. The summed E-state index contributed by atoms with van der Waals surface area (Å²) in [6.07, 6.45) is 0. The van der Waals surface area contributed by atoms with E-state index in [0.29, 0.717) is 32.1 Å². The van der Waals surface area contributed by atoms with E-state index in [1.165, 1.54) is 0 Å². The standard InChI is InChI=1S/C13H11BrCl2N2O/c1-7(2)13-17-11(14)6-12(18-13)19-10-4-8(15)3-9(16)5-10/h3-7H,1-2H3. The van der Waals surface area contributed by atoms with Gasteiger partial charge in [-0.25, -0.2) is 4.98 Å². The van der Waals surface area contributed by atoms with Crippen molar-refractivity contribution in [3.63, 3.8) is 0 Å². The van der Waals surface area contributed by atoms with Gasteiger partial charge in [-0.2, -0.15) is 4.98 Å². The van der Waals surface area contributed by atoms with Crippen LogP contribution in [-0.2, 0) is 0 Å². The van der Waals surface area contributed by atoms with Crippen LogP contribution < -0.4 is 4.74 Å². The van der Waals surface area contributed by atoms with Crippen LogP contribution in [0.15, 0.2) is 28.9 Å². The molecule has 0 unspecified atom stereocenters. The van der Waals surface area contributed by atoms with Crippen LogP contribution in [0.25, 0.3) is 0 Å². The summed E-state index contributed by atoms with van der Waals surface area (Å²) in [4.78, 5) is 8.62. The molecule has 0 bridgehead atoms. The molecule has 3 nitrogen and oxygen atoms in total. The molecular weight excluding hydrogens is 351 g/mol. The van der Waals surface area contributed by atoms with Gasteiger partial charge in [0.15, 0.2) is 0 Å². The van der Waals surface area contributed by atoms with Gasteiger partial charge >= 0.3 is 0 Å². The Labute approximate surface area is 130 Å². The van der Waals surface area contributed by atoms with Gasteiger partial charge < -0.3 is 4.74 Å². The number of rotatable bonds is 3. The zero-order valence-corrected chi connectivity index (χ0v) is 13.4. The van der Waals surface area contributed by atoms with E-state index in [1.807, 2.05) is 13.8 Å². The van der Waals surface area contributed by atoms with Gasteiger partial charge in [0.05, 0.1) is 0 Å². The van der Waals surface area contributed by atoms with Gasteiger partial charge in [-0.05, 0) is 34.1 Å². The maximum Gasteiger partial charge on any atom is 0.223 e. The highest BCUT2D eigenvalue weighted by Crippen LogP contribution is 2.29. The number of ether oxygens (including phenoxy) is 1. The van der Waals surface area contributed by atoms with Crippen LogP contribution >= 0.6 is 39.1 Å². The zero-order chi connectivity index (χ0) is 14.0. The minimum absolute atomic E-state index is 0.211. The lowest BCUT2D eigenvalue weighted by atomic mass is 10.2. The summed E-state index contributed by atoms with van der Waals surface area (Å²) in [7, 11) is 0. The number of hydrogen-bond acceptors (Lipinski definition) is 3. The fourth-order valence-corrected chi connectivity index (χ4v) is 2.32. The van der Waals surface area contributed by atoms with Crippen molar-refractivity contribution < 1.29 is 4.74 Å². The van der Waals surface area contributed by atoms with Crippen molar-refractivity contribution in [2.45, 2.75) is 19.8 Å². The minimum atomic E-state index is 0.211. The van der Waals surface area contributed by atoms with Crippen molar-refractivity contribution in [2.75, 3.05) is 0 Å². The summed E-state index contributed by atoms with van der Waals surface area (Å²) in [5, 5.41) is 1.03. The molecule has 2 aromatic rings. The maximum atomic E-state index is 5.92. The Morgan fingerprint density at radius 1 is 1.05 bits per heavy atom. The first-order chi connectivity index (χ1) is 8.94. The number of aromatic nitrogens is 2. The first kappa shape index (κ1) is 14.6. The number of nitrogens with zero attached hydrogens (tertiary/aromatic N) is 2. The normalized spacial score (nSPS) is 10.8. The van der Waals surface area contributed by atoms with E-state index >= 15 is 0 Å². The molecule has 0 saturated heterocycles. The smallest absolute Gasteiger partial charge is 0.223 e. The first-order valence-corrected chi connectivity index (χ1v) is 7.17. The molecule has 100 valence electrons. The van der Waals surface area contributed by atoms with Gasteiger partial charge in [0, 0.05) is 22.0 Å². The summed E-state index contributed by atoms with van der Waals surface area (Å²) in [6, 6.07) is 6.70. The number of hydrogen-bond donors (Lipinski definition) is 0. The van der Waals surface area contributed by atoms with Crippen LogP contribution in [0.3, 0.4) is 0 Å². The van der Waals surface area contributed by atoms with Crippen molar-refractivity contribution in [1.29, 1.82) is 0 Å². The SMILES string of the molecule is CC(C)c1nc(Br)cc(Oc2cc(Cl)cc(Cl)c2)n1. The Balaban J connectivity index is 2.32. The van der Waals surface area contributed by atoms with Gasteiger partial charge in [-0.1, -0.05) is 37.0 Å². The van der Waals surface area contributed by atoms with Gasteiger partial charge in [0.1, 0.15) is 16.2 Å². The molecule has 0 atom stereocenters. The molecule has 1 aromatic heterocycles. The van der Waals surface area contributed by atoms with E-state index in [0.717, 1.165) is 0 Å². The third-order valence-corrected chi connectivity index (χ3v) is 3.11. The molecule has 1 aromatic carbocycles. The second kappa shape index (κ2) is 6.07. The first-order valence-electron chi connectivity index (χ1n) is 5.62. The lowest BCUT2D eigenvalue weighted by Gasteiger charge is -2.09. The Hall–Kier alpha value is -0.840. The van der Waals surface area contributed by atoms with E-state index in [2.05, 4.69) is 25.9 Å². The molecule has 0 N–H and O–H groups in total. The topological polar surface area (TPSA) is 35.0 Å². The largest absolute Gasteiger partial charge is 0.439 e. The molecule has 0 aliphatic carbocycles. The lowest BCUT2D eigenvalue weighted by molar-refractivity contribution is 0.456. The van der Waals surface area contributed by atoms with Crippen molar-refractivity contribution in [3.05, 3.63) is 44.7 Å². The van der Waals surface area contributed by atoms with E-state index in [-0.39, 0.29) is 5.92 Å². The number of benzene rings is 1. The Bertz CT molecular complexity index is 585. The van der Waals surface area contributed by atoms with E-state index < -0.39 is 0 Å². The van der Waals surface area contributed by atoms with Gasteiger partial charge in [0.25, 0.3) is 0 Å². The predicted octanol–water partition coefficient (Wildman–Crippen LogP) is 5.46. The van der Waals surface area contributed by atoms with Crippen LogP contribution in [0.1, 0.15) is 25.6 Å². The highest BCUT2D eigenvalue weighted by atomic mass is 79.9. The average Bonchev–Trinajstić information content (AvgIpc) is 2.26. The monoisotopic (exact) mass is 360 g/mol. The minimum Gasteiger partial charge on any atom is -0.439 e. The molecule has 19 heavy (non-hydrogen) atoms. The van der Waals surface area contributed by atoms with Crippen molar-refractivity contribution in [2.24, 2.45) is 0 Å². The second-order valence-electron chi connectivity index (χ2n) is 4.25. The third-order valence-electron chi connectivity index (χ3n) is 2.26. The molecule has 0 amide bonds. The van der Waals surface area contributed by atoms with E-state index in [9.17, 15) is 0 Å². The predicted molar refractivity (Wildman–Crippen MR) is 80.4 cm³/mol. The van der Waals surface area contributed by atoms with Crippen LogP contribution in [0.4, 0.5) is 0 Å². The lowest BCUT2D eigenvalue weighted by Crippen LogP contribution is -1.99. The van der Waals surface area contributed by atoms with Crippen LogP contribution in [-0.4, -0.2) is 9.97 Å². The second-order valence-corrected chi connectivity index (χ2v) is 5.93. The van der Waals surface area contributed by atoms with Crippen molar-refractivity contribution in [3.8, 4) is 11.6 Å². The summed E-state index contributed by atoms with van der Waals surface area (Å²) >= 11 is 15.2. The molecule has 0 radical (unpaired) electrons. The van der Waals surface area contributed by atoms with Crippen LogP contribution in [0.5, 0.6) is 11.6 Å². The fraction of sp³-hybridized carbons (Fsp3) is 0.231. The molecule has 0 spiro atoms. The highest BCUT2D eigenvalue weighted by Gasteiger charge is 2.09. The van der Waals surface area contributed by atoms with Gasteiger partial charge in [-0.3, -0.25) is 0 Å². The highest BCUT2D eigenvalue weighted by molar-refractivity contribution is 9.10. The molecule has 2 rings (SSSR count). The summed E-state index contributed by atoms with van der Waals surface area (Å²) in [5.74, 6) is 1.90. The van der Waals surface area contributed by atoms with Crippen molar-refractivity contribution >= 4 is 39.1 Å². The third kappa shape index (κ3) is 4.06.